The van der Waals surface area contributed by atoms with E-state index in [0.717, 1.165) is 17.9 Å². The molecule has 12 heavy (non-hydrogen) atoms. The highest BCUT2D eigenvalue weighted by atomic mass is 32.2. The quantitative estimate of drug-likeness (QED) is 0.745. The summed E-state index contributed by atoms with van der Waals surface area (Å²) in [5.74, 6) is 2.27. The maximum absolute atomic E-state index is 11.3. The highest BCUT2D eigenvalue weighted by Gasteiger charge is 2.20. The number of hydrogen-bond donors (Lipinski definition) is 1. The lowest BCUT2D eigenvalue weighted by atomic mass is 10.3. The van der Waals surface area contributed by atoms with E-state index in [1.165, 1.54) is 0 Å². The van der Waals surface area contributed by atoms with Crippen LogP contribution >= 0.6 is 11.8 Å². The zero-order valence-electron chi connectivity index (χ0n) is 7.25. The van der Waals surface area contributed by atoms with Gasteiger partial charge in [-0.15, -0.1) is 0 Å². The molecule has 0 aromatic heterocycles. The van der Waals surface area contributed by atoms with Gasteiger partial charge in [-0.25, -0.2) is 13.1 Å². The predicted octanol–water partition coefficient (Wildman–Crippen LogP) is 0.821. The Kier molecular flexibility index (Phi) is 3.86. The average Bonchev–Trinajstić information content (AvgIpc) is 2.38. The molecule has 1 aliphatic heterocycles. The van der Waals surface area contributed by atoms with E-state index in [4.69, 9.17) is 0 Å². The largest absolute Gasteiger partial charge is 0.212 e. The van der Waals surface area contributed by atoms with Crippen LogP contribution in [0.25, 0.3) is 0 Å². The van der Waals surface area contributed by atoms with Crippen LogP contribution in [0.5, 0.6) is 0 Å². The van der Waals surface area contributed by atoms with Crippen molar-refractivity contribution in [3.8, 4) is 0 Å². The van der Waals surface area contributed by atoms with E-state index < -0.39 is 10.0 Å². The predicted molar refractivity (Wildman–Crippen MR) is 52.9 cm³/mol. The van der Waals surface area contributed by atoms with Crippen LogP contribution in [0.4, 0.5) is 0 Å². The first-order chi connectivity index (χ1) is 5.64. The summed E-state index contributed by atoms with van der Waals surface area (Å²) < 4.78 is 25.2. The number of nitrogens with one attached hydrogen (secondary N) is 1. The number of rotatable bonds is 4. The second kappa shape index (κ2) is 4.48. The Labute approximate surface area is 78.4 Å². The van der Waals surface area contributed by atoms with Crippen LogP contribution in [0.15, 0.2) is 0 Å². The van der Waals surface area contributed by atoms with Crippen LogP contribution in [0.2, 0.25) is 0 Å². The first kappa shape index (κ1) is 10.3. The fraction of sp³-hybridized carbons (Fsp3) is 1.00. The molecule has 0 amide bonds. The summed E-state index contributed by atoms with van der Waals surface area (Å²) in [7, 11) is -2.98. The van der Waals surface area contributed by atoms with E-state index in [1.807, 2.05) is 18.7 Å². The Bertz CT molecular complexity index is 220. The Morgan fingerprint density at radius 2 is 2.33 bits per heavy atom. The number of sulfonamides is 1. The van der Waals surface area contributed by atoms with Gasteiger partial charge in [-0.2, -0.15) is 11.8 Å². The molecule has 3 nitrogen and oxygen atoms in total. The van der Waals surface area contributed by atoms with Crippen molar-refractivity contribution in [1.29, 1.82) is 0 Å². The Morgan fingerprint density at radius 3 is 2.83 bits per heavy atom. The Morgan fingerprint density at radius 1 is 1.58 bits per heavy atom. The molecule has 72 valence electrons. The third-order valence-electron chi connectivity index (χ3n) is 1.75. The minimum Gasteiger partial charge on any atom is -0.212 e. The topological polar surface area (TPSA) is 46.2 Å². The molecule has 1 rings (SSSR count). The first-order valence-corrected chi connectivity index (χ1v) is 7.02. The zero-order valence-corrected chi connectivity index (χ0v) is 8.88. The van der Waals surface area contributed by atoms with Gasteiger partial charge in [-0.05, 0) is 18.6 Å². The summed E-state index contributed by atoms with van der Waals surface area (Å²) >= 11 is 1.81. The third kappa shape index (κ3) is 3.33. The summed E-state index contributed by atoms with van der Waals surface area (Å²) in [6, 6.07) is 0.187. The van der Waals surface area contributed by atoms with Crippen molar-refractivity contribution in [3.63, 3.8) is 0 Å². The summed E-state index contributed by atoms with van der Waals surface area (Å²) in [4.78, 5) is 0. The van der Waals surface area contributed by atoms with E-state index in [9.17, 15) is 8.42 Å². The van der Waals surface area contributed by atoms with E-state index in [-0.39, 0.29) is 11.8 Å². The first-order valence-electron chi connectivity index (χ1n) is 4.22. The van der Waals surface area contributed by atoms with Crippen LogP contribution in [0, 0.1) is 0 Å². The van der Waals surface area contributed by atoms with Gasteiger partial charge in [0.15, 0.2) is 0 Å². The molecule has 0 aliphatic carbocycles. The summed E-state index contributed by atoms with van der Waals surface area (Å²) in [6.07, 6.45) is 1.67. The Hall–Kier alpha value is 0.260. The second-order valence-electron chi connectivity index (χ2n) is 3.00. The summed E-state index contributed by atoms with van der Waals surface area (Å²) in [6.45, 7) is 1.88. The SMILES string of the molecule is CCCS(=O)(=O)NC1CCSC1. The molecule has 5 heteroatoms. The highest BCUT2D eigenvalue weighted by molar-refractivity contribution is 7.99. The van der Waals surface area contributed by atoms with Crippen molar-refractivity contribution in [2.45, 2.75) is 25.8 Å². The molecule has 0 aromatic rings. The van der Waals surface area contributed by atoms with Crippen LogP contribution in [0.3, 0.4) is 0 Å². The molecule has 0 bridgehead atoms. The van der Waals surface area contributed by atoms with Crippen LogP contribution < -0.4 is 4.72 Å². The van der Waals surface area contributed by atoms with Gasteiger partial charge < -0.3 is 0 Å². The molecule has 0 spiro atoms. The van der Waals surface area contributed by atoms with Gasteiger partial charge in [0, 0.05) is 11.8 Å². The van der Waals surface area contributed by atoms with Gasteiger partial charge in [-0.1, -0.05) is 6.92 Å². The fourth-order valence-electron chi connectivity index (χ4n) is 1.21. The monoisotopic (exact) mass is 209 g/mol. The summed E-state index contributed by atoms with van der Waals surface area (Å²) in [5.41, 5.74) is 0. The van der Waals surface area contributed by atoms with Gasteiger partial charge in [0.2, 0.25) is 10.0 Å². The molecule has 1 atom stereocenters. The molecule has 1 unspecified atom stereocenters. The lowest BCUT2D eigenvalue weighted by Gasteiger charge is -2.10. The van der Waals surface area contributed by atoms with E-state index in [2.05, 4.69) is 4.72 Å². The van der Waals surface area contributed by atoms with Crippen LogP contribution in [-0.4, -0.2) is 31.7 Å². The van der Waals surface area contributed by atoms with Gasteiger partial charge >= 0.3 is 0 Å². The zero-order chi connectivity index (χ0) is 9.03. The van der Waals surface area contributed by atoms with Gasteiger partial charge in [0.05, 0.1) is 5.75 Å². The average molecular weight is 209 g/mol. The van der Waals surface area contributed by atoms with Crippen molar-refractivity contribution in [2.75, 3.05) is 17.3 Å². The van der Waals surface area contributed by atoms with Gasteiger partial charge in [0.25, 0.3) is 0 Å². The third-order valence-corrected chi connectivity index (χ3v) is 4.55. The van der Waals surface area contributed by atoms with Crippen molar-refractivity contribution in [1.82, 2.24) is 4.72 Å². The Balaban J connectivity index is 2.38. The van der Waals surface area contributed by atoms with E-state index in [0.29, 0.717) is 6.42 Å². The van der Waals surface area contributed by atoms with E-state index in [1.54, 1.807) is 0 Å². The molecule has 1 N–H and O–H groups in total. The lowest BCUT2D eigenvalue weighted by molar-refractivity contribution is 0.562. The standard InChI is InChI=1S/C7H15NO2S2/c1-2-5-12(9,10)8-7-3-4-11-6-7/h7-8H,2-6H2,1H3. The van der Waals surface area contributed by atoms with Crippen molar-refractivity contribution < 1.29 is 8.42 Å². The van der Waals surface area contributed by atoms with Crippen molar-refractivity contribution >= 4 is 21.8 Å². The molecule has 1 fully saturated rings. The van der Waals surface area contributed by atoms with Crippen molar-refractivity contribution in [3.05, 3.63) is 0 Å². The molecule has 1 aliphatic rings. The van der Waals surface area contributed by atoms with Crippen LogP contribution in [0.1, 0.15) is 19.8 Å². The molecular weight excluding hydrogens is 194 g/mol. The second-order valence-corrected chi connectivity index (χ2v) is 6.02. The van der Waals surface area contributed by atoms with E-state index >= 15 is 0 Å². The van der Waals surface area contributed by atoms with Gasteiger partial charge in [-0.3, -0.25) is 0 Å². The maximum atomic E-state index is 11.3. The maximum Gasteiger partial charge on any atom is 0.211 e. The molecule has 0 radical (unpaired) electrons. The minimum absolute atomic E-state index is 0.187. The lowest BCUT2D eigenvalue weighted by Crippen LogP contribution is -2.36. The smallest absolute Gasteiger partial charge is 0.211 e. The summed E-state index contributed by atoms with van der Waals surface area (Å²) in [5, 5.41) is 0. The molecular formula is C7H15NO2S2. The van der Waals surface area contributed by atoms with Gasteiger partial charge in [0.1, 0.15) is 0 Å². The molecule has 0 aromatic carbocycles. The highest BCUT2D eigenvalue weighted by Crippen LogP contribution is 2.17. The number of thioether (sulfide) groups is 1. The van der Waals surface area contributed by atoms with Crippen molar-refractivity contribution in [2.24, 2.45) is 0 Å². The molecule has 1 saturated heterocycles. The minimum atomic E-state index is -2.98. The molecule has 0 saturated carbocycles. The normalized spacial score (nSPS) is 24.6. The van der Waals surface area contributed by atoms with Crippen LogP contribution in [-0.2, 0) is 10.0 Å². The molecule has 1 heterocycles. The fourth-order valence-corrected chi connectivity index (χ4v) is 3.83. The number of hydrogen-bond acceptors (Lipinski definition) is 3.